The number of amides is 2. The van der Waals surface area contributed by atoms with Crippen molar-refractivity contribution in [1.82, 2.24) is 10.6 Å². The first-order chi connectivity index (χ1) is 14.4. The van der Waals surface area contributed by atoms with E-state index in [2.05, 4.69) is 16.0 Å². The lowest BCUT2D eigenvalue weighted by atomic mass is 10.1. The van der Waals surface area contributed by atoms with Crippen molar-refractivity contribution in [2.45, 2.75) is 19.5 Å². The number of carbonyl (C=O) groups excluding carboxylic acids is 3. The number of halogens is 1. The first kappa shape index (κ1) is 25.4. The van der Waals surface area contributed by atoms with Crippen LogP contribution in [0.4, 0.5) is 5.69 Å². The Morgan fingerprint density at radius 2 is 1.77 bits per heavy atom. The quantitative estimate of drug-likeness (QED) is 0.160. The van der Waals surface area contributed by atoms with Crippen LogP contribution in [-0.4, -0.2) is 42.8 Å². The van der Waals surface area contributed by atoms with Crippen LogP contribution < -0.4 is 21.7 Å². The molecule has 2 amide bonds. The van der Waals surface area contributed by atoms with Crippen molar-refractivity contribution in [3.8, 4) is 0 Å². The van der Waals surface area contributed by atoms with E-state index in [-0.39, 0.29) is 31.4 Å². The number of rotatable bonds is 10. The molecule has 0 aliphatic heterocycles. The maximum absolute atomic E-state index is 12.5. The fourth-order valence-corrected chi connectivity index (χ4v) is 2.53. The van der Waals surface area contributed by atoms with Gasteiger partial charge in [0, 0.05) is 17.8 Å². The van der Waals surface area contributed by atoms with Crippen LogP contribution >= 0.6 is 12.4 Å². The maximum atomic E-state index is 12.5. The fourth-order valence-electron chi connectivity index (χ4n) is 2.53. The van der Waals surface area contributed by atoms with Gasteiger partial charge in [-0.05, 0) is 24.6 Å². The van der Waals surface area contributed by atoms with Gasteiger partial charge in [0.1, 0.15) is 5.84 Å². The number of ether oxygens (including phenoxy) is 1. The molecule has 9 nitrogen and oxygen atoms in total. The van der Waals surface area contributed by atoms with Crippen molar-refractivity contribution >= 4 is 41.7 Å². The van der Waals surface area contributed by atoms with Crippen LogP contribution in [0.5, 0.6) is 0 Å². The Morgan fingerprint density at radius 1 is 1.06 bits per heavy atom. The molecule has 2 rings (SSSR count). The molecule has 0 bridgehead atoms. The molecule has 0 spiro atoms. The van der Waals surface area contributed by atoms with E-state index in [9.17, 15) is 14.4 Å². The van der Waals surface area contributed by atoms with E-state index < -0.39 is 23.8 Å². The van der Waals surface area contributed by atoms with Crippen molar-refractivity contribution in [2.75, 3.05) is 18.5 Å². The van der Waals surface area contributed by atoms with Gasteiger partial charge in [-0.1, -0.05) is 42.5 Å². The van der Waals surface area contributed by atoms with E-state index in [0.717, 1.165) is 5.56 Å². The van der Waals surface area contributed by atoms with Crippen molar-refractivity contribution in [3.63, 3.8) is 0 Å². The number of esters is 1. The zero-order chi connectivity index (χ0) is 21.9. The highest BCUT2D eigenvalue weighted by molar-refractivity contribution is 6.05. The second-order valence-electron chi connectivity index (χ2n) is 6.30. The Balaban J connectivity index is 0.00000480. The lowest BCUT2D eigenvalue weighted by Gasteiger charge is -2.18. The summed E-state index contributed by atoms with van der Waals surface area (Å²) in [7, 11) is 0. The molecule has 0 aromatic heterocycles. The number of hydrogen-bond acceptors (Lipinski definition) is 6. The third kappa shape index (κ3) is 8.35. The molecule has 31 heavy (non-hydrogen) atoms. The minimum Gasteiger partial charge on any atom is -0.464 e. The minimum atomic E-state index is -1.37. The van der Waals surface area contributed by atoms with Crippen LogP contribution in [0.15, 0.2) is 54.6 Å². The largest absolute Gasteiger partial charge is 0.464 e. The van der Waals surface area contributed by atoms with Gasteiger partial charge in [0.2, 0.25) is 11.9 Å². The summed E-state index contributed by atoms with van der Waals surface area (Å²) in [4.78, 5) is 36.8. The molecule has 1 atom stereocenters. The average molecular weight is 448 g/mol. The van der Waals surface area contributed by atoms with Crippen LogP contribution in [0.25, 0.3) is 0 Å². The number of benzene rings is 2. The van der Waals surface area contributed by atoms with Gasteiger partial charge in [0.05, 0.1) is 13.2 Å². The second-order valence-corrected chi connectivity index (χ2v) is 6.30. The van der Waals surface area contributed by atoms with E-state index in [4.69, 9.17) is 15.9 Å². The Labute approximate surface area is 186 Å². The number of carbonyl (C=O) groups is 3. The van der Waals surface area contributed by atoms with Crippen molar-refractivity contribution in [2.24, 2.45) is 5.73 Å². The van der Waals surface area contributed by atoms with Crippen LogP contribution in [0, 0.1) is 5.41 Å². The monoisotopic (exact) mass is 447 g/mol. The molecule has 0 heterocycles. The molecule has 0 aliphatic rings. The van der Waals surface area contributed by atoms with E-state index in [0.29, 0.717) is 17.8 Å². The zero-order valence-electron chi connectivity index (χ0n) is 17.0. The van der Waals surface area contributed by atoms with Crippen molar-refractivity contribution in [3.05, 3.63) is 65.7 Å². The molecule has 1 unspecified atom stereocenters. The molecular weight excluding hydrogens is 422 g/mol. The molecular formula is C21H26ClN5O4. The summed E-state index contributed by atoms with van der Waals surface area (Å²) in [5, 5.41) is 15.4. The van der Waals surface area contributed by atoms with E-state index in [1.165, 1.54) is 6.07 Å². The standard InChI is InChI=1S/C21H25N5O4.ClH/c1-2-30-21(29)18(26-16-10-6-9-15(11-16)19(22)23)20(28)25-13-17(27)24-12-14-7-4-3-5-8-14;/h3-11,18,26H,2,12-13H2,1H3,(H3,22,23)(H,24,27)(H,25,28);1H. The minimum absolute atomic E-state index is 0. The Morgan fingerprint density at radius 3 is 2.42 bits per heavy atom. The third-order valence-corrected chi connectivity index (χ3v) is 4.02. The molecule has 0 aliphatic carbocycles. The number of nitrogens with two attached hydrogens (primary N) is 1. The van der Waals surface area contributed by atoms with Crippen molar-refractivity contribution < 1.29 is 19.1 Å². The number of hydrogen-bond donors (Lipinski definition) is 5. The maximum Gasteiger partial charge on any atom is 0.338 e. The topological polar surface area (TPSA) is 146 Å². The summed E-state index contributed by atoms with van der Waals surface area (Å²) in [6.45, 7) is 1.75. The van der Waals surface area contributed by atoms with Gasteiger partial charge in [-0.15, -0.1) is 12.4 Å². The number of nitrogens with one attached hydrogen (secondary N) is 4. The van der Waals surface area contributed by atoms with Gasteiger partial charge in [0.15, 0.2) is 0 Å². The van der Waals surface area contributed by atoms with Crippen molar-refractivity contribution in [1.29, 1.82) is 5.41 Å². The third-order valence-electron chi connectivity index (χ3n) is 4.02. The smallest absolute Gasteiger partial charge is 0.338 e. The second kappa shape index (κ2) is 12.9. The lowest BCUT2D eigenvalue weighted by molar-refractivity contribution is -0.147. The lowest BCUT2D eigenvalue weighted by Crippen LogP contribution is -2.48. The Bertz CT molecular complexity index is 908. The van der Waals surface area contributed by atoms with Crippen LogP contribution in [0.2, 0.25) is 0 Å². The van der Waals surface area contributed by atoms with Gasteiger partial charge < -0.3 is 26.4 Å². The molecule has 0 saturated heterocycles. The zero-order valence-corrected chi connectivity index (χ0v) is 17.8. The Kier molecular flexibility index (Phi) is 10.6. The highest BCUT2D eigenvalue weighted by Crippen LogP contribution is 2.12. The number of amidine groups is 1. The summed E-state index contributed by atoms with van der Waals surface area (Å²) < 4.78 is 4.96. The molecule has 0 saturated carbocycles. The summed E-state index contributed by atoms with van der Waals surface area (Å²) >= 11 is 0. The Hall–Kier alpha value is -3.59. The molecule has 2 aromatic carbocycles. The molecule has 10 heteroatoms. The number of nitrogen functional groups attached to an aromatic ring is 1. The summed E-state index contributed by atoms with van der Waals surface area (Å²) in [5.74, 6) is -2.04. The molecule has 166 valence electrons. The van der Waals surface area contributed by atoms with Gasteiger partial charge in [-0.3, -0.25) is 15.0 Å². The molecule has 0 radical (unpaired) electrons. The fraction of sp³-hybridized carbons (Fsp3) is 0.238. The van der Waals surface area contributed by atoms with Gasteiger partial charge in [-0.25, -0.2) is 4.79 Å². The van der Waals surface area contributed by atoms with Crippen LogP contribution in [0.1, 0.15) is 18.1 Å². The predicted octanol–water partition coefficient (Wildman–Crippen LogP) is 1.17. The first-order valence-corrected chi connectivity index (χ1v) is 9.36. The van der Waals surface area contributed by atoms with Gasteiger partial charge in [0.25, 0.3) is 5.91 Å². The van der Waals surface area contributed by atoms with E-state index >= 15 is 0 Å². The summed E-state index contributed by atoms with van der Waals surface area (Å²) in [5.41, 5.74) is 7.24. The molecule has 2 aromatic rings. The summed E-state index contributed by atoms with van der Waals surface area (Å²) in [6.07, 6.45) is 0. The summed E-state index contributed by atoms with van der Waals surface area (Å²) in [6, 6.07) is 14.4. The highest BCUT2D eigenvalue weighted by Gasteiger charge is 2.28. The number of anilines is 1. The molecule has 6 N–H and O–H groups in total. The average Bonchev–Trinajstić information content (AvgIpc) is 2.75. The SMILES string of the molecule is CCOC(=O)C(Nc1cccc(C(=N)N)c1)C(=O)NCC(=O)NCc1ccccc1.Cl. The van der Waals surface area contributed by atoms with Gasteiger partial charge >= 0.3 is 5.97 Å². The normalized spacial score (nSPS) is 10.7. The van der Waals surface area contributed by atoms with E-state index in [1.54, 1.807) is 25.1 Å². The highest BCUT2D eigenvalue weighted by atomic mass is 35.5. The van der Waals surface area contributed by atoms with E-state index in [1.807, 2.05) is 30.3 Å². The molecule has 0 fully saturated rings. The predicted molar refractivity (Wildman–Crippen MR) is 120 cm³/mol. The van der Waals surface area contributed by atoms with Crippen LogP contribution in [0.3, 0.4) is 0 Å². The van der Waals surface area contributed by atoms with Gasteiger partial charge in [-0.2, -0.15) is 0 Å². The first-order valence-electron chi connectivity index (χ1n) is 9.36. The van der Waals surface area contributed by atoms with Crippen LogP contribution in [-0.2, 0) is 25.7 Å².